The van der Waals surface area contributed by atoms with Crippen molar-refractivity contribution in [1.82, 2.24) is 5.32 Å². The van der Waals surface area contributed by atoms with Crippen molar-refractivity contribution in [2.24, 2.45) is 0 Å². The average molecular weight is 383 g/mol. The molecule has 0 bridgehead atoms. The van der Waals surface area contributed by atoms with Crippen LogP contribution in [0.4, 0.5) is 0 Å². The highest BCUT2D eigenvalue weighted by atomic mass is 16.7. The highest BCUT2D eigenvalue weighted by molar-refractivity contribution is 5.73. The molecule has 10 atom stereocenters. The minimum atomic E-state index is -1.74. The van der Waals surface area contributed by atoms with Gasteiger partial charge in [-0.1, -0.05) is 0 Å². The highest BCUT2D eigenvalue weighted by Gasteiger charge is 2.50. The van der Waals surface area contributed by atoms with Crippen molar-refractivity contribution < 1.29 is 54.8 Å². The van der Waals surface area contributed by atoms with Gasteiger partial charge in [0.2, 0.25) is 5.91 Å². The van der Waals surface area contributed by atoms with Gasteiger partial charge in [-0.25, -0.2) is 0 Å². The van der Waals surface area contributed by atoms with E-state index in [-0.39, 0.29) is 0 Å². The maximum atomic E-state index is 11.4. The molecule has 2 aliphatic rings. The topological polar surface area (TPSA) is 198 Å². The monoisotopic (exact) mass is 383 g/mol. The molecule has 0 radical (unpaired) electrons. The predicted octanol–water partition coefficient (Wildman–Crippen LogP) is -5.25. The maximum absolute atomic E-state index is 11.4. The normalized spacial score (nSPS) is 46.8. The van der Waals surface area contributed by atoms with E-state index in [0.717, 1.165) is 6.92 Å². The molecule has 8 N–H and O–H groups in total. The number of amides is 1. The van der Waals surface area contributed by atoms with E-state index in [4.69, 9.17) is 14.2 Å². The molecule has 26 heavy (non-hydrogen) atoms. The Labute approximate surface area is 148 Å². The largest absolute Gasteiger partial charge is 0.394 e. The summed E-state index contributed by atoms with van der Waals surface area (Å²) in [4.78, 5) is 11.4. The second-order valence-corrected chi connectivity index (χ2v) is 6.26. The van der Waals surface area contributed by atoms with Gasteiger partial charge in [0.15, 0.2) is 12.6 Å². The van der Waals surface area contributed by atoms with Gasteiger partial charge < -0.3 is 55.3 Å². The zero-order valence-corrected chi connectivity index (χ0v) is 14.0. The van der Waals surface area contributed by atoms with Crippen LogP contribution in [0.2, 0.25) is 0 Å². The summed E-state index contributed by atoms with van der Waals surface area (Å²) < 4.78 is 15.7. The lowest BCUT2D eigenvalue weighted by Crippen LogP contribution is -2.67. The van der Waals surface area contributed by atoms with Crippen LogP contribution in [0.5, 0.6) is 0 Å². The molecule has 0 aromatic rings. The van der Waals surface area contributed by atoms with Crippen molar-refractivity contribution in [2.45, 2.75) is 68.3 Å². The molecule has 2 rings (SSSR count). The molecule has 2 saturated heterocycles. The van der Waals surface area contributed by atoms with E-state index in [1.807, 2.05) is 0 Å². The molecule has 0 saturated carbocycles. The molecule has 2 aliphatic heterocycles. The van der Waals surface area contributed by atoms with E-state index < -0.39 is 80.5 Å². The van der Waals surface area contributed by atoms with Crippen molar-refractivity contribution in [3.8, 4) is 0 Å². The van der Waals surface area contributed by atoms with Gasteiger partial charge in [-0.05, 0) is 0 Å². The van der Waals surface area contributed by atoms with Crippen LogP contribution in [0.15, 0.2) is 0 Å². The maximum Gasteiger partial charge on any atom is 0.217 e. The van der Waals surface area contributed by atoms with E-state index >= 15 is 0 Å². The van der Waals surface area contributed by atoms with Crippen molar-refractivity contribution in [2.75, 3.05) is 13.2 Å². The van der Waals surface area contributed by atoms with Gasteiger partial charge in [-0.15, -0.1) is 0 Å². The molecule has 1 amide bonds. The molecule has 0 aliphatic carbocycles. The second kappa shape index (κ2) is 8.84. The summed E-state index contributed by atoms with van der Waals surface area (Å²) in [6.07, 6.45) is -13.7. The summed E-state index contributed by atoms with van der Waals surface area (Å²) in [6, 6.07) is -1.28. The first-order chi connectivity index (χ1) is 12.2. The van der Waals surface area contributed by atoms with Gasteiger partial charge in [-0.2, -0.15) is 0 Å². The third-order valence-electron chi connectivity index (χ3n) is 4.38. The molecule has 0 spiro atoms. The zero-order chi connectivity index (χ0) is 19.6. The van der Waals surface area contributed by atoms with Crippen LogP contribution in [-0.4, -0.2) is 116 Å². The van der Waals surface area contributed by atoms with Crippen molar-refractivity contribution in [3.05, 3.63) is 0 Å². The first kappa shape index (κ1) is 21.4. The number of hydrogen-bond donors (Lipinski definition) is 8. The van der Waals surface area contributed by atoms with Crippen LogP contribution < -0.4 is 5.32 Å². The minimum Gasteiger partial charge on any atom is -0.394 e. The fourth-order valence-electron chi connectivity index (χ4n) is 2.97. The number of ether oxygens (including phenoxy) is 3. The fraction of sp³-hybridized carbons (Fsp3) is 0.929. The Bertz CT molecular complexity index is 478. The lowest BCUT2D eigenvalue weighted by molar-refractivity contribution is -0.341. The quantitative estimate of drug-likeness (QED) is 0.226. The standard InChI is InChI=1S/C14H25NO11/c1-4(18)15-7-12(9(20)6(3-17)24-13(7)23)26-14-11(22)10(21)8(19)5(2-16)25-14/h5-14,16-17,19-23H,2-3H2,1H3,(H,15,18)/t5?,6?,7?,8-,9+,10-,11?,12+,13+,14-/m0/s1. The Morgan fingerprint density at radius 2 is 1.50 bits per heavy atom. The molecular formula is C14H25NO11. The molecule has 0 aromatic heterocycles. The Morgan fingerprint density at radius 1 is 0.923 bits per heavy atom. The first-order valence-corrected chi connectivity index (χ1v) is 8.06. The van der Waals surface area contributed by atoms with Crippen LogP contribution in [-0.2, 0) is 19.0 Å². The van der Waals surface area contributed by atoms with Crippen molar-refractivity contribution in [1.29, 1.82) is 0 Å². The lowest BCUT2D eigenvalue weighted by atomic mass is 9.95. The van der Waals surface area contributed by atoms with Gasteiger partial charge in [0.25, 0.3) is 0 Å². The number of aliphatic hydroxyl groups excluding tert-OH is 7. The molecule has 0 aromatic carbocycles. The Hall–Kier alpha value is -0.930. The summed E-state index contributed by atoms with van der Waals surface area (Å²) in [5, 5.41) is 70.7. The Kier molecular flexibility index (Phi) is 7.27. The summed E-state index contributed by atoms with van der Waals surface area (Å²) in [5.74, 6) is -0.574. The third kappa shape index (κ3) is 4.31. The number of aliphatic hydroxyl groups is 7. The van der Waals surface area contributed by atoms with E-state index in [2.05, 4.69) is 5.32 Å². The number of rotatable bonds is 5. The third-order valence-corrected chi connectivity index (χ3v) is 4.38. The van der Waals surface area contributed by atoms with Gasteiger partial charge in [-0.3, -0.25) is 4.79 Å². The molecule has 12 nitrogen and oxygen atoms in total. The van der Waals surface area contributed by atoms with Crippen LogP contribution >= 0.6 is 0 Å². The predicted molar refractivity (Wildman–Crippen MR) is 80.2 cm³/mol. The van der Waals surface area contributed by atoms with Gasteiger partial charge in [0.05, 0.1) is 13.2 Å². The Balaban J connectivity index is 2.21. The molecule has 2 heterocycles. The van der Waals surface area contributed by atoms with E-state index in [1.54, 1.807) is 0 Å². The number of carbonyl (C=O) groups excluding carboxylic acids is 1. The van der Waals surface area contributed by atoms with Crippen molar-refractivity contribution >= 4 is 5.91 Å². The molecule has 12 heteroatoms. The highest BCUT2D eigenvalue weighted by Crippen LogP contribution is 2.28. The van der Waals surface area contributed by atoms with Crippen LogP contribution in [0.1, 0.15) is 6.92 Å². The van der Waals surface area contributed by atoms with Crippen molar-refractivity contribution in [3.63, 3.8) is 0 Å². The second-order valence-electron chi connectivity index (χ2n) is 6.26. The summed E-state index contributed by atoms with van der Waals surface area (Å²) in [6.45, 7) is -0.195. The molecular weight excluding hydrogens is 358 g/mol. The minimum absolute atomic E-state index is 0.574. The average Bonchev–Trinajstić information content (AvgIpc) is 2.60. The van der Waals surface area contributed by atoms with Crippen LogP contribution in [0.3, 0.4) is 0 Å². The summed E-state index contributed by atoms with van der Waals surface area (Å²) in [5.41, 5.74) is 0. The number of nitrogens with one attached hydrogen (secondary N) is 1. The first-order valence-electron chi connectivity index (χ1n) is 8.06. The number of hydrogen-bond acceptors (Lipinski definition) is 11. The van der Waals surface area contributed by atoms with Gasteiger partial charge >= 0.3 is 0 Å². The lowest BCUT2D eigenvalue weighted by Gasteiger charge is -2.46. The smallest absolute Gasteiger partial charge is 0.217 e. The molecule has 4 unspecified atom stereocenters. The fourth-order valence-corrected chi connectivity index (χ4v) is 2.97. The summed E-state index contributed by atoms with van der Waals surface area (Å²) >= 11 is 0. The van der Waals surface area contributed by atoms with Crippen LogP contribution in [0, 0.1) is 0 Å². The molecule has 152 valence electrons. The number of carbonyl (C=O) groups is 1. The van der Waals surface area contributed by atoms with E-state index in [0.29, 0.717) is 0 Å². The van der Waals surface area contributed by atoms with E-state index in [1.165, 1.54) is 0 Å². The van der Waals surface area contributed by atoms with Crippen LogP contribution in [0.25, 0.3) is 0 Å². The van der Waals surface area contributed by atoms with E-state index in [9.17, 15) is 40.5 Å². The van der Waals surface area contributed by atoms with Gasteiger partial charge in [0.1, 0.15) is 48.8 Å². The zero-order valence-electron chi connectivity index (χ0n) is 14.0. The summed E-state index contributed by atoms with van der Waals surface area (Å²) in [7, 11) is 0. The van der Waals surface area contributed by atoms with Gasteiger partial charge in [0, 0.05) is 6.92 Å². The SMILES string of the molecule is CC(=O)NC1[C@H](O)OC(CO)[C@@H](O)[C@@H]1O[C@@H]1OC(CO)[C@H](O)[C@H](O)C1O. The molecule has 2 fully saturated rings. The Morgan fingerprint density at radius 3 is 2.04 bits per heavy atom.